The van der Waals surface area contributed by atoms with Gasteiger partial charge in [-0.15, -0.1) is 0 Å². The fourth-order valence-electron chi connectivity index (χ4n) is 4.26. The van der Waals surface area contributed by atoms with Gasteiger partial charge in [-0.1, -0.05) is 24.1 Å². The highest BCUT2D eigenvalue weighted by molar-refractivity contribution is 6.02. The van der Waals surface area contributed by atoms with Crippen LogP contribution in [-0.2, 0) is 9.59 Å². The number of nitrogens with one attached hydrogen (secondary N) is 2. The molecule has 1 aromatic carbocycles. The second kappa shape index (κ2) is 9.84. The van der Waals surface area contributed by atoms with Crippen molar-refractivity contribution in [2.75, 3.05) is 6.54 Å². The first-order valence-electron chi connectivity index (χ1n) is 11.5. The lowest BCUT2D eigenvalue weighted by molar-refractivity contribution is -0.134. The molecule has 1 aliphatic rings. The molecule has 5 rings (SSSR count). The van der Waals surface area contributed by atoms with Gasteiger partial charge in [0, 0.05) is 35.8 Å². The molecule has 0 radical (unpaired) electrons. The molecule has 1 saturated heterocycles. The van der Waals surface area contributed by atoms with Crippen LogP contribution in [0.5, 0.6) is 0 Å². The Morgan fingerprint density at radius 1 is 1.17 bits per heavy atom. The van der Waals surface area contributed by atoms with E-state index >= 15 is 0 Å². The first-order valence-corrected chi connectivity index (χ1v) is 11.5. The van der Waals surface area contributed by atoms with Gasteiger partial charge in [0.05, 0.1) is 18.2 Å². The van der Waals surface area contributed by atoms with Gasteiger partial charge in [0.2, 0.25) is 11.8 Å². The van der Waals surface area contributed by atoms with Crippen molar-refractivity contribution in [3.63, 3.8) is 0 Å². The van der Waals surface area contributed by atoms with Gasteiger partial charge in [0.25, 0.3) is 5.91 Å². The zero-order chi connectivity index (χ0) is 25.1. The quantitative estimate of drug-likeness (QED) is 0.343. The fraction of sp³-hybridized carbons (Fsp3) is 0.179. The summed E-state index contributed by atoms with van der Waals surface area (Å²) in [7, 11) is 0. The third-order valence-corrected chi connectivity index (χ3v) is 6.01. The first kappa shape index (κ1) is 23.0. The predicted octanol–water partition coefficient (Wildman–Crippen LogP) is 3.50. The van der Waals surface area contributed by atoms with Gasteiger partial charge in [0.15, 0.2) is 5.76 Å². The molecule has 0 spiro atoms. The minimum Gasteiger partial charge on any atom is -0.448 e. The summed E-state index contributed by atoms with van der Waals surface area (Å²) in [6.45, 7) is 1.94. The number of rotatable bonds is 4. The van der Waals surface area contributed by atoms with Crippen molar-refractivity contribution < 1.29 is 18.8 Å². The van der Waals surface area contributed by atoms with Crippen molar-refractivity contribution in [3.8, 4) is 23.1 Å². The van der Waals surface area contributed by atoms with Gasteiger partial charge in [-0.05, 0) is 54.7 Å². The molecule has 36 heavy (non-hydrogen) atoms. The van der Waals surface area contributed by atoms with Gasteiger partial charge < -0.3 is 9.73 Å². The number of nitrogens with zero attached hydrogens (tertiary/aromatic N) is 2. The first-order chi connectivity index (χ1) is 17.5. The van der Waals surface area contributed by atoms with Gasteiger partial charge in [-0.25, -0.2) is 0 Å². The molecular weight excluding hydrogens is 456 g/mol. The number of carbonyl (C=O) groups is 3. The van der Waals surface area contributed by atoms with E-state index in [0.29, 0.717) is 29.9 Å². The number of hydrogen-bond acceptors (Lipinski definition) is 6. The van der Waals surface area contributed by atoms with E-state index in [1.165, 1.54) is 0 Å². The number of amides is 3. The summed E-state index contributed by atoms with van der Waals surface area (Å²) in [5.74, 6) is 4.96. The Balaban J connectivity index is 1.26. The second-order valence-electron chi connectivity index (χ2n) is 8.46. The number of hydrogen-bond donors (Lipinski definition) is 2. The topological polar surface area (TPSA) is 114 Å². The Hall–Kier alpha value is -4.77. The van der Waals surface area contributed by atoms with E-state index in [9.17, 15) is 14.4 Å². The van der Waals surface area contributed by atoms with E-state index in [1.54, 1.807) is 24.5 Å². The van der Waals surface area contributed by atoms with Crippen molar-refractivity contribution in [2.24, 2.45) is 0 Å². The molecule has 1 aliphatic heterocycles. The minimum atomic E-state index is -0.413. The molecule has 0 bridgehead atoms. The van der Waals surface area contributed by atoms with Crippen LogP contribution in [0.1, 0.15) is 46.1 Å². The smallest absolute Gasteiger partial charge is 0.270 e. The van der Waals surface area contributed by atoms with E-state index in [0.717, 1.165) is 27.8 Å². The number of carbonyl (C=O) groups excluding carboxylic acids is 3. The molecule has 3 aromatic heterocycles. The van der Waals surface area contributed by atoms with Crippen LogP contribution in [0.2, 0.25) is 0 Å². The zero-order valence-corrected chi connectivity index (χ0v) is 19.5. The standard InChI is InChI=1S/C28H22N4O4/c1-17-14-18(23-8-2-3-12-29-23)16-31-26(17)28(35)30-13-5-6-19-15-22-20(7-4-9-24(22)36-19)21-10-11-25(33)32-27(21)34/h2-4,7-9,12,14-16,21H,10-11,13H2,1H3,(H,30,35)(H,32,33,34). The van der Waals surface area contributed by atoms with E-state index in [2.05, 4.69) is 32.4 Å². The summed E-state index contributed by atoms with van der Waals surface area (Å²) >= 11 is 0. The summed E-state index contributed by atoms with van der Waals surface area (Å²) in [5.41, 5.74) is 4.11. The SMILES string of the molecule is Cc1cc(-c2ccccn2)cnc1C(=O)NCC#Cc1cc2c(C3CCC(=O)NC3=O)cccc2o1. The Morgan fingerprint density at radius 2 is 2.06 bits per heavy atom. The lowest BCUT2D eigenvalue weighted by Gasteiger charge is -2.21. The number of pyridine rings is 2. The molecule has 178 valence electrons. The lowest BCUT2D eigenvalue weighted by Crippen LogP contribution is -2.39. The average molecular weight is 479 g/mol. The third kappa shape index (κ3) is 4.72. The second-order valence-corrected chi connectivity index (χ2v) is 8.46. The largest absolute Gasteiger partial charge is 0.448 e. The van der Waals surface area contributed by atoms with Crippen molar-refractivity contribution in [3.05, 3.63) is 83.5 Å². The number of piperidine rings is 1. The fourth-order valence-corrected chi connectivity index (χ4v) is 4.26. The van der Waals surface area contributed by atoms with Crippen LogP contribution < -0.4 is 10.6 Å². The van der Waals surface area contributed by atoms with Crippen molar-refractivity contribution in [2.45, 2.75) is 25.7 Å². The average Bonchev–Trinajstić information content (AvgIpc) is 3.30. The molecule has 0 aliphatic carbocycles. The van der Waals surface area contributed by atoms with Crippen molar-refractivity contribution in [1.82, 2.24) is 20.6 Å². The van der Waals surface area contributed by atoms with Crippen molar-refractivity contribution in [1.29, 1.82) is 0 Å². The highest BCUT2D eigenvalue weighted by Gasteiger charge is 2.29. The highest BCUT2D eigenvalue weighted by Crippen LogP contribution is 2.32. The molecule has 1 atom stereocenters. The summed E-state index contributed by atoms with van der Waals surface area (Å²) in [6.07, 6.45) is 4.10. The molecule has 0 saturated carbocycles. The molecule has 8 heteroatoms. The Kier molecular flexibility index (Phi) is 6.29. The van der Waals surface area contributed by atoms with Gasteiger partial charge in [-0.3, -0.25) is 29.7 Å². The summed E-state index contributed by atoms with van der Waals surface area (Å²) < 4.78 is 5.82. The number of benzene rings is 1. The lowest BCUT2D eigenvalue weighted by atomic mass is 9.88. The molecule has 3 amide bonds. The van der Waals surface area contributed by atoms with Crippen LogP contribution in [0.3, 0.4) is 0 Å². The number of imide groups is 1. The Bertz CT molecular complexity index is 1550. The van der Waals surface area contributed by atoms with Crippen LogP contribution in [-0.4, -0.2) is 34.2 Å². The van der Waals surface area contributed by atoms with Crippen LogP contribution in [0.4, 0.5) is 0 Å². The molecule has 4 heterocycles. The van der Waals surface area contributed by atoms with Crippen molar-refractivity contribution >= 4 is 28.7 Å². The van der Waals surface area contributed by atoms with Crippen LogP contribution in [0.15, 0.2) is 65.3 Å². The highest BCUT2D eigenvalue weighted by atomic mass is 16.3. The Labute approximate surface area is 207 Å². The van der Waals surface area contributed by atoms with E-state index < -0.39 is 5.92 Å². The summed E-state index contributed by atoms with van der Waals surface area (Å²) in [4.78, 5) is 45.0. The number of fused-ring (bicyclic) bond motifs is 1. The molecule has 1 fully saturated rings. The van der Waals surface area contributed by atoms with Gasteiger partial charge >= 0.3 is 0 Å². The minimum absolute atomic E-state index is 0.110. The Morgan fingerprint density at radius 3 is 2.83 bits per heavy atom. The molecule has 8 nitrogen and oxygen atoms in total. The predicted molar refractivity (Wildman–Crippen MR) is 133 cm³/mol. The zero-order valence-electron chi connectivity index (χ0n) is 19.5. The molecule has 1 unspecified atom stereocenters. The normalized spacial score (nSPS) is 15.2. The molecular formula is C28H22N4O4. The maximum atomic E-state index is 12.6. The van der Waals surface area contributed by atoms with Crippen LogP contribution in [0.25, 0.3) is 22.2 Å². The number of aryl methyl sites for hydroxylation is 1. The monoisotopic (exact) mass is 478 g/mol. The molecule has 4 aromatic rings. The molecule has 2 N–H and O–H groups in total. The summed E-state index contributed by atoms with van der Waals surface area (Å²) in [5, 5.41) is 5.94. The maximum Gasteiger partial charge on any atom is 0.270 e. The van der Waals surface area contributed by atoms with Gasteiger partial charge in [0.1, 0.15) is 11.3 Å². The van der Waals surface area contributed by atoms with E-state index in [4.69, 9.17) is 4.42 Å². The van der Waals surface area contributed by atoms with Crippen LogP contribution in [0, 0.1) is 18.8 Å². The third-order valence-electron chi connectivity index (χ3n) is 6.01. The van der Waals surface area contributed by atoms with Crippen LogP contribution >= 0.6 is 0 Å². The number of aromatic nitrogens is 2. The number of furan rings is 1. The van der Waals surface area contributed by atoms with E-state index in [1.807, 2.05) is 43.3 Å². The summed E-state index contributed by atoms with van der Waals surface area (Å²) in [6, 6.07) is 14.8. The van der Waals surface area contributed by atoms with E-state index in [-0.39, 0.29) is 24.3 Å². The van der Waals surface area contributed by atoms with Gasteiger partial charge in [-0.2, -0.15) is 0 Å². The maximum absolute atomic E-state index is 12.6.